The number of carbonyl (C=O) groups is 2. The number of nitrogens with zero attached hydrogens (tertiary/aromatic N) is 2. The van der Waals surface area contributed by atoms with E-state index >= 15 is 0 Å². The fraction of sp³-hybridized carbons (Fsp3) is 0.579. The number of hydrogen-bond donors (Lipinski definition) is 1. The molecule has 0 radical (unpaired) electrons. The van der Waals surface area contributed by atoms with Crippen molar-refractivity contribution in [3.05, 3.63) is 35.6 Å². The van der Waals surface area contributed by atoms with E-state index in [9.17, 15) is 14.0 Å². The molecule has 1 atom stereocenters. The van der Waals surface area contributed by atoms with Crippen molar-refractivity contribution in [2.24, 2.45) is 0 Å². The Morgan fingerprint density at radius 3 is 2.68 bits per heavy atom. The zero-order chi connectivity index (χ0) is 18.6. The molecule has 1 aliphatic rings. The minimum absolute atomic E-state index is 0.00734. The van der Waals surface area contributed by atoms with Gasteiger partial charge < -0.3 is 10.0 Å². The van der Waals surface area contributed by atoms with E-state index in [2.05, 4.69) is 0 Å². The summed E-state index contributed by atoms with van der Waals surface area (Å²) in [5, 5.41) is 8.94. The summed E-state index contributed by atoms with van der Waals surface area (Å²) in [7, 11) is 1.81. The number of carbonyl (C=O) groups excluding carboxylic acids is 1. The lowest BCUT2D eigenvalue weighted by Gasteiger charge is -2.32. The van der Waals surface area contributed by atoms with Crippen LogP contribution in [0.5, 0.6) is 0 Å². The van der Waals surface area contributed by atoms with Crippen LogP contribution in [0.15, 0.2) is 24.3 Å². The van der Waals surface area contributed by atoms with E-state index in [-0.39, 0.29) is 24.3 Å². The first-order valence-electron chi connectivity index (χ1n) is 8.69. The van der Waals surface area contributed by atoms with Crippen molar-refractivity contribution in [2.45, 2.75) is 44.6 Å². The van der Waals surface area contributed by atoms with E-state index in [0.29, 0.717) is 18.7 Å². The molecule has 6 heteroatoms. The monoisotopic (exact) mass is 350 g/mol. The van der Waals surface area contributed by atoms with Crippen molar-refractivity contribution in [3.8, 4) is 0 Å². The molecule has 1 heterocycles. The molecule has 138 valence electrons. The fourth-order valence-electron chi connectivity index (χ4n) is 3.46. The van der Waals surface area contributed by atoms with Crippen LogP contribution in [0, 0.1) is 5.82 Å². The molecular formula is C19H27FN2O3. The topological polar surface area (TPSA) is 60.9 Å². The third-order valence-corrected chi connectivity index (χ3v) is 5.07. The van der Waals surface area contributed by atoms with Crippen LogP contribution in [0.1, 0.15) is 38.7 Å². The molecule has 0 saturated carbocycles. The van der Waals surface area contributed by atoms with E-state index in [1.54, 1.807) is 12.1 Å². The first-order valence-corrected chi connectivity index (χ1v) is 8.69. The van der Waals surface area contributed by atoms with Crippen LogP contribution in [0.25, 0.3) is 0 Å². The molecule has 1 N–H and O–H groups in total. The van der Waals surface area contributed by atoms with Gasteiger partial charge in [-0.2, -0.15) is 0 Å². The quantitative estimate of drug-likeness (QED) is 0.886. The van der Waals surface area contributed by atoms with Crippen LogP contribution < -0.4 is 0 Å². The fourth-order valence-corrected chi connectivity index (χ4v) is 3.46. The van der Waals surface area contributed by atoms with Gasteiger partial charge in [0, 0.05) is 19.1 Å². The molecule has 1 saturated heterocycles. The van der Waals surface area contributed by atoms with E-state index in [1.165, 1.54) is 12.1 Å². The first-order chi connectivity index (χ1) is 11.7. The number of aliphatic carboxylic acids is 1. The van der Waals surface area contributed by atoms with Gasteiger partial charge >= 0.3 is 5.97 Å². The molecular weight excluding hydrogens is 323 g/mol. The Labute approximate surface area is 148 Å². The average molecular weight is 350 g/mol. The highest BCUT2D eigenvalue weighted by Gasteiger charge is 2.35. The van der Waals surface area contributed by atoms with Gasteiger partial charge in [-0.3, -0.25) is 14.5 Å². The highest BCUT2D eigenvalue weighted by Crippen LogP contribution is 2.28. The zero-order valence-corrected chi connectivity index (χ0v) is 15.2. The molecule has 0 spiro atoms. The molecule has 0 aliphatic carbocycles. The minimum Gasteiger partial charge on any atom is -0.480 e. The normalized spacial score (nSPS) is 18.9. The zero-order valence-electron chi connectivity index (χ0n) is 15.2. The molecule has 5 nitrogen and oxygen atoms in total. The number of likely N-dealkylation sites (tertiary alicyclic amines) is 1. The lowest BCUT2D eigenvalue weighted by molar-refractivity contribution is -0.139. The molecule has 1 aromatic rings. The average Bonchev–Trinajstić information content (AvgIpc) is 2.79. The number of carboxylic acid groups (broad SMARTS) is 1. The summed E-state index contributed by atoms with van der Waals surface area (Å²) >= 11 is 0. The SMILES string of the molecule is CN(CC(=O)O)C1CCCN(C(=O)C(C)(C)c2cccc(F)c2)CC1. The predicted molar refractivity (Wildman–Crippen MR) is 93.9 cm³/mol. The smallest absolute Gasteiger partial charge is 0.317 e. The Morgan fingerprint density at radius 1 is 1.32 bits per heavy atom. The van der Waals surface area contributed by atoms with E-state index in [4.69, 9.17) is 5.11 Å². The molecule has 0 bridgehead atoms. The standard InChI is InChI=1S/C19H27FN2O3/c1-19(2,14-6-4-7-15(20)12-14)18(25)22-10-5-8-16(9-11-22)21(3)13-17(23)24/h4,6-7,12,16H,5,8-11,13H2,1-3H3,(H,23,24). The summed E-state index contributed by atoms with van der Waals surface area (Å²) in [6.07, 6.45) is 2.45. The summed E-state index contributed by atoms with van der Waals surface area (Å²) in [6.45, 7) is 4.89. The Balaban J connectivity index is 2.06. The third kappa shape index (κ3) is 4.78. The molecule has 2 rings (SSSR count). The number of halogens is 1. The molecule has 0 aromatic heterocycles. The number of amides is 1. The Morgan fingerprint density at radius 2 is 2.04 bits per heavy atom. The molecule has 1 amide bonds. The van der Waals surface area contributed by atoms with Gasteiger partial charge in [0.15, 0.2) is 0 Å². The van der Waals surface area contributed by atoms with Crippen molar-refractivity contribution in [1.29, 1.82) is 0 Å². The van der Waals surface area contributed by atoms with Crippen LogP contribution >= 0.6 is 0 Å². The van der Waals surface area contributed by atoms with Crippen LogP contribution in [0.2, 0.25) is 0 Å². The van der Waals surface area contributed by atoms with Crippen molar-refractivity contribution in [3.63, 3.8) is 0 Å². The van der Waals surface area contributed by atoms with Gasteiger partial charge in [0.05, 0.1) is 12.0 Å². The highest BCUT2D eigenvalue weighted by atomic mass is 19.1. The Hall–Kier alpha value is -1.95. The Bertz CT molecular complexity index is 633. The number of rotatable bonds is 5. The predicted octanol–water partition coefficient (Wildman–Crippen LogP) is 2.50. The second-order valence-electron chi connectivity index (χ2n) is 7.32. The minimum atomic E-state index is -0.841. The van der Waals surface area contributed by atoms with Gasteiger partial charge in [-0.1, -0.05) is 12.1 Å². The Kier molecular flexibility index (Phi) is 6.16. The van der Waals surface area contributed by atoms with Crippen LogP contribution in [0.4, 0.5) is 4.39 Å². The maximum atomic E-state index is 13.5. The van der Waals surface area contributed by atoms with Gasteiger partial charge in [0.1, 0.15) is 5.82 Å². The van der Waals surface area contributed by atoms with E-state index < -0.39 is 11.4 Å². The maximum absolute atomic E-state index is 13.5. The third-order valence-electron chi connectivity index (χ3n) is 5.07. The lowest BCUT2D eigenvalue weighted by Crippen LogP contribution is -2.44. The molecule has 1 aromatic carbocycles. The van der Waals surface area contributed by atoms with Crippen molar-refractivity contribution >= 4 is 11.9 Å². The van der Waals surface area contributed by atoms with Crippen molar-refractivity contribution in [1.82, 2.24) is 9.80 Å². The number of benzene rings is 1. The number of hydrogen-bond acceptors (Lipinski definition) is 3. The van der Waals surface area contributed by atoms with Gasteiger partial charge in [0.25, 0.3) is 0 Å². The van der Waals surface area contributed by atoms with Gasteiger partial charge in [-0.05, 0) is 57.9 Å². The lowest BCUT2D eigenvalue weighted by atomic mass is 9.83. The second kappa shape index (κ2) is 7.95. The van der Waals surface area contributed by atoms with Crippen molar-refractivity contribution < 1.29 is 19.1 Å². The second-order valence-corrected chi connectivity index (χ2v) is 7.32. The summed E-state index contributed by atoms with van der Waals surface area (Å²) in [6, 6.07) is 6.35. The van der Waals surface area contributed by atoms with Crippen LogP contribution in [-0.4, -0.2) is 59.5 Å². The molecule has 1 aliphatic heterocycles. The summed E-state index contributed by atoms with van der Waals surface area (Å²) < 4.78 is 13.5. The largest absolute Gasteiger partial charge is 0.480 e. The molecule has 1 unspecified atom stereocenters. The number of carboxylic acids is 1. The number of likely N-dealkylation sites (N-methyl/N-ethyl adjacent to an activating group) is 1. The van der Waals surface area contributed by atoms with Gasteiger partial charge in [-0.15, -0.1) is 0 Å². The molecule has 1 fully saturated rings. The summed E-state index contributed by atoms with van der Waals surface area (Å²) in [5.41, 5.74) is -0.129. The first kappa shape index (κ1) is 19.4. The van der Waals surface area contributed by atoms with Gasteiger partial charge in [-0.25, -0.2) is 4.39 Å². The highest BCUT2D eigenvalue weighted by molar-refractivity contribution is 5.87. The summed E-state index contributed by atoms with van der Waals surface area (Å²) in [5.74, 6) is -1.20. The molecule has 25 heavy (non-hydrogen) atoms. The van der Waals surface area contributed by atoms with E-state index in [1.807, 2.05) is 30.7 Å². The maximum Gasteiger partial charge on any atom is 0.317 e. The van der Waals surface area contributed by atoms with E-state index in [0.717, 1.165) is 19.3 Å². The summed E-state index contributed by atoms with van der Waals surface area (Å²) in [4.78, 5) is 27.6. The van der Waals surface area contributed by atoms with Crippen LogP contribution in [-0.2, 0) is 15.0 Å². The van der Waals surface area contributed by atoms with Crippen molar-refractivity contribution in [2.75, 3.05) is 26.7 Å². The van der Waals surface area contributed by atoms with Crippen LogP contribution in [0.3, 0.4) is 0 Å². The van der Waals surface area contributed by atoms with Gasteiger partial charge in [0.2, 0.25) is 5.91 Å².